The summed E-state index contributed by atoms with van der Waals surface area (Å²) in [5.41, 5.74) is -0.797. The van der Waals surface area contributed by atoms with E-state index < -0.39 is 35.8 Å². The predicted octanol–water partition coefficient (Wildman–Crippen LogP) is -1.38. The molecule has 4 atom stereocenters. The quantitative estimate of drug-likeness (QED) is 0.612. The summed E-state index contributed by atoms with van der Waals surface area (Å²) in [7, 11) is 1.37. The first-order valence-electron chi connectivity index (χ1n) is 6.50. The van der Waals surface area contributed by atoms with E-state index in [0.29, 0.717) is 5.71 Å². The molecule has 0 amide bonds. The van der Waals surface area contributed by atoms with Gasteiger partial charge in [-0.25, -0.2) is 23.5 Å². The number of hydrogen-bond donors (Lipinski definition) is 2. The van der Waals surface area contributed by atoms with Crippen LogP contribution < -0.4 is 11.4 Å². The van der Waals surface area contributed by atoms with Gasteiger partial charge in [-0.1, -0.05) is 20.8 Å². The minimum atomic E-state index is -1.19. The molecule has 4 rings (SSSR count). The first kappa shape index (κ1) is 13.3. The molecule has 0 aromatic carbocycles. The molecule has 0 saturated heterocycles. The summed E-state index contributed by atoms with van der Waals surface area (Å²) < 4.78 is 3.32. The lowest BCUT2D eigenvalue weighted by atomic mass is 9.79. The monoisotopic (exact) mass is 282 g/mol. The number of aliphatic imine (C=N–C) groups is 1. The van der Waals surface area contributed by atoms with E-state index in [0.717, 1.165) is 9.25 Å². The highest BCUT2D eigenvalue weighted by molar-refractivity contribution is 5.94. The first-order valence-corrected chi connectivity index (χ1v) is 6.50. The average molecular weight is 282 g/mol. The smallest absolute Gasteiger partial charge is 0.349 e. The fourth-order valence-electron chi connectivity index (χ4n) is 2.98. The van der Waals surface area contributed by atoms with Gasteiger partial charge in [0, 0.05) is 18.2 Å². The summed E-state index contributed by atoms with van der Waals surface area (Å²) in [6.07, 6.45) is -3.29. The van der Waals surface area contributed by atoms with Crippen LogP contribution in [0.4, 0.5) is 0 Å². The molecule has 4 heterocycles. The highest BCUT2D eigenvalue weighted by atomic mass is 16.3. The van der Waals surface area contributed by atoms with Crippen molar-refractivity contribution >= 4 is 5.71 Å². The van der Waals surface area contributed by atoms with E-state index in [9.17, 15) is 19.8 Å². The van der Waals surface area contributed by atoms with Crippen LogP contribution in [0.1, 0.15) is 33.0 Å². The number of aliphatic hydroxyl groups excluding tert-OH is 2. The second kappa shape index (κ2) is 3.70. The molecule has 2 N–H and O–H groups in total. The van der Waals surface area contributed by atoms with E-state index in [4.69, 9.17) is 0 Å². The van der Waals surface area contributed by atoms with Crippen LogP contribution in [0, 0.1) is 5.41 Å². The zero-order chi connectivity index (χ0) is 15.0. The maximum absolute atomic E-state index is 12.2. The van der Waals surface area contributed by atoms with Crippen molar-refractivity contribution in [2.45, 2.75) is 45.2 Å². The Balaban J connectivity index is 2.35. The molecule has 3 aliphatic heterocycles. The van der Waals surface area contributed by atoms with Gasteiger partial charge in [0.15, 0.2) is 6.17 Å². The maximum atomic E-state index is 12.2. The van der Waals surface area contributed by atoms with Crippen molar-refractivity contribution in [3.63, 3.8) is 0 Å². The van der Waals surface area contributed by atoms with Gasteiger partial charge in [-0.15, -0.1) is 0 Å². The molecule has 1 aromatic heterocycles. The molecule has 1 aromatic rings. The summed E-state index contributed by atoms with van der Waals surface area (Å²) in [6, 6.07) is -0.809. The molecule has 0 radical (unpaired) electrons. The Morgan fingerprint density at radius 1 is 1.05 bits per heavy atom. The lowest BCUT2D eigenvalue weighted by Crippen LogP contribution is -2.60. The number of aliphatic hydroxyl groups is 2. The van der Waals surface area contributed by atoms with E-state index in [1.165, 1.54) is 11.7 Å². The van der Waals surface area contributed by atoms with Crippen LogP contribution in [-0.2, 0) is 7.05 Å². The minimum absolute atomic E-state index is 0.374. The van der Waals surface area contributed by atoms with E-state index in [1.807, 2.05) is 20.8 Å². The topological polar surface area (TPSA) is 102 Å². The Morgan fingerprint density at radius 3 is 2.15 bits per heavy atom. The SMILES string of the molecule is Cn1c(=O)n2n(c1=O)C1C(C(C)(C)C)=NC2C(O)C1O. The number of nitrogens with zero attached hydrogens (tertiary/aromatic N) is 4. The Bertz CT molecular complexity index is 717. The Kier molecular flexibility index (Phi) is 2.47. The van der Waals surface area contributed by atoms with E-state index >= 15 is 0 Å². The summed E-state index contributed by atoms with van der Waals surface area (Å²) in [5, 5.41) is 20.3. The van der Waals surface area contributed by atoms with Crippen molar-refractivity contribution in [1.29, 1.82) is 0 Å². The molecular formula is C12H18N4O4. The molecular weight excluding hydrogens is 264 g/mol. The molecule has 2 bridgehead atoms. The number of aromatic nitrogens is 3. The van der Waals surface area contributed by atoms with Crippen molar-refractivity contribution in [1.82, 2.24) is 13.9 Å². The van der Waals surface area contributed by atoms with E-state index in [2.05, 4.69) is 4.99 Å². The van der Waals surface area contributed by atoms with Gasteiger partial charge in [0.05, 0.1) is 0 Å². The molecule has 4 unspecified atom stereocenters. The van der Waals surface area contributed by atoms with Gasteiger partial charge in [-0.3, -0.25) is 4.99 Å². The molecule has 0 spiro atoms. The fourth-order valence-corrected chi connectivity index (χ4v) is 2.98. The van der Waals surface area contributed by atoms with Gasteiger partial charge >= 0.3 is 11.4 Å². The summed E-state index contributed by atoms with van der Waals surface area (Å²) in [4.78, 5) is 28.7. The largest absolute Gasteiger partial charge is 0.388 e. The van der Waals surface area contributed by atoms with Crippen molar-refractivity contribution in [3.8, 4) is 0 Å². The second-order valence-electron chi connectivity index (χ2n) is 6.42. The van der Waals surface area contributed by atoms with Crippen LogP contribution >= 0.6 is 0 Å². The fraction of sp³-hybridized carbons (Fsp3) is 0.750. The van der Waals surface area contributed by atoms with Gasteiger partial charge < -0.3 is 10.2 Å². The minimum Gasteiger partial charge on any atom is -0.388 e. The third-order valence-corrected chi connectivity index (χ3v) is 4.01. The predicted molar refractivity (Wildman–Crippen MR) is 70.9 cm³/mol. The number of fused-ring (bicyclic) bond motifs is 1. The zero-order valence-electron chi connectivity index (χ0n) is 11.8. The van der Waals surface area contributed by atoms with Gasteiger partial charge in [0.25, 0.3) is 0 Å². The van der Waals surface area contributed by atoms with Crippen molar-refractivity contribution in [2.24, 2.45) is 17.5 Å². The van der Waals surface area contributed by atoms with E-state index in [1.54, 1.807) is 0 Å². The average Bonchev–Trinajstić information content (AvgIpc) is 2.59. The molecule has 0 aliphatic carbocycles. The van der Waals surface area contributed by atoms with Crippen LogP contribution in [0.2, 0.25) is 0 Å². The lowest BCUT2D eigenvalue weighted by molar-refractivity contribution is -0.0730. The third kappa shape index (κ3) is 1.40. The Morgan fingerprint density at radius 2 is 1.60 bits per heavy atom. The van der Waals surface area contributed by atoms with Crippen LogP contribution in [-0.4, -0.2) is 42.1 Å². The second-order valence-corrected chi connectivity index (χ2v) is 6.42. The Hall–Kier alpha value is -1.67. The summed E-state index contributed by atoms with van der Waals surface area (Å²) in [6.45, 7) is 5.76. The summed E-state index contributed by atoms with van der Waals surface area (Å²) in [5.74, 6) is 0. The molecule has 0 saturated carbocycles. The van der Waals surface area contributed by atoms with Crippen LogP contribution in [0.5, 0.6) is 0 Å². The zero-order valence-corrected chi connectivity index (χ0v) is 11.8. The van der Waals surface area contributed by atoms with Crippen molar-refractivity contribution in [3.05, 3.63) is 21.0 Å². The van der Waals surface area contributed by atoms with Crippen molar-refractivity contribution in [2.75, 3.05) is 0 Å². The van der Waals surface area contributed by atoms with Crippen molar-refractivity contribution < 1.29 is 10.2 Å². The highest BCUT2D eigenvalue weighted by Gasteiger charge is 2.52. The standard InChI is InChI=1S/C12H18N4O4/c1-12(2,3)8-5-6(17)7(18)9(13-8)16-11(20)14(4)10(19)15(5)16/h5-7,9,17-18H,1-4H3. The summed E-state index contributed by atoms with van der Waals surface area (Å²) >= 11 is 0. The van der Waals surface area contributed by atoms with Gasteiger partial charge in [0.1, 0.15) is 18.2 Å². The third-order valence-electron chi connectivity index (χ3n) is 4.01. The van der Waals surface area contributed by atoms with Gasteiger partial charge in [-0.2, -0.15) is 0 Å². The van der Waals surface area contributed by atoms with E-state index in [-0.39, 0.29) is 5.41 Å². The van der Waals surface area contributed by atoms with Crippen LogP contribution in [0.3, 0.4) is 0 Å². The highest BCUT2D eigenvalue weighted by Crippen LogP contribution is 2.39. The van der Waals surface area contributed by atoms with Crippen LogP contribution in [0.15, 0.2) is 14.6 Å². The molecule has 3 aliphatic rings. The van der Waals surface area contributed by atoms with Gasteiger partial charge in [-0.05, 0) is 0 Å². The molecule has 0 fully saturated rings. The molecule has 110 valence electrons. The van der Waals surface area contributed by atoms with Gasteiger partial charge in [0.2, 0.25) is 0 Å². The molecule has 8 nitrogen and oxygen atoms in total. The normalized spacial score (nSPS) is 32.2. The molecule has 20 heavy (non-hydrogen) atoms. The van der Waals surface area contributed by atoms with Crippen LogP contribution in [0.25, 0.3) is 0 Å². The number of hydrogen-bond acceptors (Lipinski definition) is 5. The lowest BCUT2D eigenvalue weighted by Gasteiger charge is -2.46. The number of rotatable bonds is 0. The Labute approximate surface area is 114 Å². The maximum Gasteiger partial charge on any atom is 0.349 e. The first-order chi connectivity index (χ1) is 9.16. The molecule has 8 heteroatoms.